The highest BCUT2D eigenvalue weighted by molar-refractivity contribution is 5.84. The summed E-state index contributed by atoms with van der Waals surface area (Å²) in [5.41, 5.74) is 4.63. The van der Waals surface area contributed by atoms with Crippen LogP contribution >= 0.6 is 0 Å². The van der Waals surface area contributed by atoms with Crippen LogP contribution in [-0.2, 0) is 14.3 Å². The molecule has 0 aliphatic heterocycles. The average Bonchev–Trinajstić information content (AvgIpc) is 3.00. The molecular weight excluding hydrogens is 220 g/mol. The maximum absolute atomic E-state index is 11.4. The molecule has 0 heterocycles. The molecule has 17 heavy (non-hydrogen) atoms. The Morgan fingerprint density at radius 2 is 2.12 bits per heavy atom. The van der Waals surface area contributed by atoms with E-state index in [4.69, 9.17) is 15.2 Å². The number of ether oxygens (including phenoxy) is 2. The van der Waals surface area contributed by atoms with E-state index in [0.717, 1.165) is 12.8 Å². The summed E-state index contributed by atoms with van der Waals surface area (Å²) in [6, 6.07) is 0.419. The SMILES string of the molecule is CC(C)OCCOCC(C)(NC1CC1)C(N)=O. The van der Waals surface area contributed by atoms with Gasteiger partial charge in [-0.1, -0.05) is 0 Å². The first-order valence-corrected chi connectivity index (χ1v) is 6.21. The third-order valence-corrected chi connectivity index (χ3v) is 2.71. The molecule has 0 bridgehead atoms. The Morgan fingerprint density at radius 1 is 1.47 bits per heavy atom. The second-order valence-corrected chi connectivity index (χ2v) is 5.09. The molecule has 1 saturated carbocycles. The molecule has 1 aliphatic carbocycles. The Balaban J connectivity index is 2.21. The monoisotopic (exact) mass is 244 g/mol. The van der Waals surface area contributed by atoms with E-state index in [9.17, 15) is 4.79 Å². The first kappa shape index (κ1) is 14.4. The molecule has 1 aliphatic rings. The molecule has 1 unspecified atom stereocenters. The highest BCUT2D eigenvalue weighted by Gasteiger charge is 2.37. The van der Waals surface area contributed by atoms with Crippen molar-refractivity contribution >= 4 is 5.91 Å². The lowest BCUT2D eigenvalue weighted by Gasteiger charge is -2.27. The summed E-state index contributed by atoms with van der Waals surface area (Å²) in [5, 5.41) is 3.23. The molecule has 0 spiro atoms. The summed E-state index contributed by atoms with van der Waals surface area (Å²) in [6.07, 6.45) is 2.42. The molecule has 0 radical (unpaired) electrons. The first-order valence-electron chi connectivity index (χ1n) is 6.21. The lowest BCUT2D eigenvalue weighted by atomic mass is 10.0. The number of carbonyl (C=O) groups is 1. The zero-order valence-corrected chi connectivity index (χ0v) is 11.0. The van der Waals surface area contributed by atoms with Crippen LogP contribution in [0.3, 0.4) is 0 Å². The highest BCUT2D eigenvalue weighted by atomic mass is 16.5. The maximum atomic E-state index is 11.4. The smallest absolute Gasteiger partial charge is 0.239 e. The predicted molar refractivity (Wildman–Crippen MR) is 65.7 cm³/mol. The standard InChI is InChI=1S/C12H24N2O3/c1-9(2)17-7-6-16-8-12(3,11(13)15)14-10-4-5-10/h9-10,14H,4-8H2,1-3H3,(H2,13,15). The second kappa shape index (κ2) is 6.33. The molecule has 1 atom stereocenters. The molecule has 0 saturated heterocycles. The van der Waals surface area contributed by atoms with Gasteiger partial charge in [-0.3, -0.25) is 10.1 Å². The second-order valence-electron chi connectivity index (χ2n) is 5.09. The van der Waals surface area contributed by atoms with Crippen LogP contribution < -0.4 is 11.1 Å². The van der Waals surface area contributed by atoms with Gasteiger partial charge in [0, 0.05) is 6.04 Å². The van der Waals surface area contributed by atoms with Crippen molar-refractivity contribution in [3.05, 3.63) is 0 Å². The molecule has 0 aromatic carbocycles. The number of carbonyl (C=O) groups excluding carboxylic acids is 1. The van der Waals surface area contributed by atoms with Crippen LogP contribution in [0.25, 0.3) is 0 Å². The fraction of sp³-hybridized carbons (Fsp3) is 0.917. The molecule has 100 valence electrons. The van der Waals surface area contributed by atoms with Crippen molar-refractivity contribution in [2.45, 2.75) is 51.3 Å². The van der Waals surface area contributed by atoms with Crippen LogP contribution in [-0.4, -0.2) is 43.4 Å². The predicted octanol–water partition coefficient (Wildman–Crippen LogP) is 0.424. The lowest BCUT2D eigenvalue weighted by Crippen LogP contribution is -2.57. The molecule has 0 aromatic heterocycles. The van der Waals surface area contributed by atoms with Gasteiger partial charge in [0.15, 0.2) is 0 Å². The van der Waals surface area contributed by atoms with E-state index in [1.165, 1.54) is 0 Å². The molecule has 3 N–H and O–H groups in total. The summed E-state index contributed by atoms with van der Waals surface area (Å²) in [6.45, 7) is 7.05. The summed E-state index contributed by atoms with van der Waals surface area (Å²) >= 11 is 0. The quantitative estimate of drug-likeness (QED) is 0.577. The fourth-order valence-electron chi connectivity index (χ4n) is 1.48. The largest absolute Gasteiger partial charge is 0.377 e. The minimum absolute atomic E-state index is 0.200. The Hall–Kier alpha value is -0.650. The van der Waals surface area contributed by atoms with Crippen molar-refractivity contribution in [2.24, 2.45) is 5.73 Å². The Bertz CT molecular complexity index is 254. The van der Waals surface area contributed by atoms with E-state index < -0.39 is 5.54 Å². The van der Waals surface area contributed by atoms with Crippen LogP contribution in [0.15, 0.2) is 0 Å². The summed E-state index contributed by atoms with van der Waals surface area (Å²) < 4.78 is 10.8. The third-order valence-electron chi connectivity index (χ3n) is 2.71. The van der Waals surface area contributed by atoms with E-state index >= 15 is 0 Å². The topological polar surface area (TPSA) is 73.6 Å². The number of nitrogens with one attached hydrogen (secondary N) is 1. The number of nitrogens with two attached hydrogens (primary N) is 1. The van der Waals surface area contributed by atoms with Crippen molar-refractivity contribution in [3.8, 4) is 0 Å². The molecule has 5 nitrogen and oxygen atoms in total. The normalized spacial score (nSPS) is 19.3. The summed E-state index contributed by atoms with van der Waals surface area (Å²) in [7, 11) is 0. The van der Waals surface area contributed by atoms with Crippen LogP contribution in [0.1, 0.15) is 33.6 Å². The highest BCUT2D eigenvalue weighted by Crippen LogP contribution is 2.22. The van der Waals surface area contributed by atoms with E-state index in [1.807, 2.05) is 13.8 Å². The van der Waals surface area contributed by atoms with Gasteiger partial charge in [0.05, 0.1) is 25.9 Å². The molecular formula is C12H24N2O3. The van der Waals surface area contributed by atoms with Gasteiger partial charge < -0.3 is 15.2 Å². The minimum Gasteiger partial charge on any atom is -0.377 e. The van der Waals surface area contributed by atoms with Crippen LogP contribution in [0.5, 0.6) is 0 Å². The van der Waals surface area contributed by atoms with Gasteiger partial charge in [0.25, 0.3) is 0 Å². The fourth-order valence-corrected chi connectivity index (χ4v) is 1.48. The van der Waals surface area contributed by atoms with Gasteiger partial charge >= 0.3 is 0 Å². The van der Waals surface area contributed by atoms with Crippen LogP contribution in [0.4, 0.5) is 0 Å². The van der Waals surface area contributed by atoms with E-state index in [0.29, 0.717) is 25.9 Å². The number of amides is 1. The minimum atomic E-state index is -0.765. The molecule has 5 heteroatoms. The van der Waals surface area contributed by atoms with Gasteiger partial charge in [-0.05, 0) is 33.6 Å². The third kappa shape index (κ3) is 5.48. The zero-order chi connectivity index (χ0) is 12.9. The summed E-state index contributed by atoms with van der Waals surface area (Å²) in [4.78, 5) is 11.4. The van der Waals surface area contributed by atoms with Gasteiger partial charge in [0.2, 0.25) is 5.91 Å². The Kier molecular flexibility index (Phi) is 5.36. The molecule has 1 fully saturated rings. The van der Waals surface area contributed by atoms with Crippen molar-refractivity contribution in [3.63, 3.8) is 0 Å². The summed E-state index contributed by atoms with van der Waals surface area (Å²) in [5.74, 6) is -0.367. The number of hydrogen-bond donors (Lipinski definition) is 2. The van der Waals surface area contributed by atoms with E-state index in [2.05, 4.69) is 5.32 Å². The van der Waals surface area contributed by atoms with Gasteiger partial charge in [-0.2, -0.15) is 0 Å². The van der Waals surface area contributed by atoms with Crippen molar-refractivity contribution in [1.29, 1.82) is 0 Å². The lowest BCUT2D eigenvalue weighted by molar-refractivity contribution is -0.126. The first-order chi connectivity index (χ1) is 7.94. The number of rotatable bonds is 9. The molecule has 0 aromatic rings. The number of hydrogen-bond acceptors (Lipinski definition) is 4. The van der Waals surface area contributed by atoms with Crippen molar-refractivity contribution in [2.75, 3.05) is 19.8 Å². The van der Waals surface area contributed by atoms with E-state index in [-0.39, 0.29) is 12.0 Å². The maximum Gasteiger partial charge on any atom is 0.239 e. The van der Waals surface area contributed by atoms with Crippen LogP contribution in [0, 0.1) is 0 Å². The van der Waals surface area contributed by atoms with Gasteiger partial charge in [-0.25, -0.2) is 0 Å². The van der Waals surface area contributed by atoms with Crippen molar-refractivity contribution in [1.82, 2.24) is 5.32 Å². The van der Waals surface area contributed by atoms with E-state index in [1.54, 1.807) is 6.92 Å². The van der Waals surface area contributed by atoms with Gasteiger partial charge in [-0.15, -0.1) is 0 Å². The Labute approximate surface area is 103 Å². The van der Waals surface area contributed by atoms with Gasteiger partial charge in [0.1, 0.15) is 5.54 Å². The Morgan fingerprint density at radius 3 is 2.59 bits per heavy atom. The molecule has 1 amide bonds. The van der Waals surface area contributed by atoms with Crippen molar-refractivity contribution < 1.29 is 14.3 Å². The zero-order valence-electron chi connectivity index (χ0n) is 11.0. The number of primary amides is 1. The molecule has 1 rings (SSSR count). The average molecular weight is 244 g/mol. The van der Waals surface area contributed by atoms with Crippen LogP contribution in [0.2, 0.25) is 0 Å².